The Morgan fingerprint density at radius 1 is 0.947 bits per heavy atom. The lowest BCUT2D eigenvalue weighted by Crippen LogP contribution is -2.13. The summed E-state index contributed by atoms with van der Waals surface area (Å²) < 4.78 is 1.18. The van der Waals surface area contributed by atoms with Gasteiger partial charge in [-0.1, -0.05) is 42.5 Å². The normalized spacial score (nSPS) is 12.7. The van der Waals surface area contributed by atoms with Gasteiger partial charge in [0.2, 0.25) is 0 Å². The number of thiazole rings is 1. The number of aromatic nitrogens is 1. The van der Waals surface area contributed by atoms with Crippen molar-refractivity contribution < 1.29 is 5.11 Å². The number of hydrogen-bond acceptors (Lipinski definition) is 3. The Hall–Kier alpha value is -1.71. The van der Waals surface area contributed by atoms with Crippen molar-refractivity contribution in [1.29, 1.82) is 0 Å². The topological polar surface area (TPSA) is 33.1 Å². The third-order valence-corrected chi connectivity index (χ3v) is 4.12. The maximum absolute atomic E-state index is 10.1. The van der Waals surface area contributed by atoms with E-state index in [1.165, 1.54) is 4.70 Å². The van der Waals surface area contributed by atoms with Gasteiger partial charge in [0, 0.05) is 6.42 Å². The minimum Gasteiger partial charge on any atom is -0.392 e. The van der Waals surface area contributed by atoms with Gasteiger partial charge >= 0.3 is 0 Å². The van der Waals surface area contributed by atoms with Gasteiger partial charge in [-0.3, -0.25) is 0 Å². The largest absolute Gasteiger partial charge is 0.392 e. The zero-order valence-corrected chi connectivity index (χ0v) is 11.3. The Labute approximate surface area is 116 Å². The van der Waals surface area contributed by atoms with E-state index >= 15 is 0 Å². The molecule has 0 fully saturated rings. The number of hydrogen-bond donors (Lipinski definition) is 1. The Balaban J connectivity index is 1.70. The van der Waals surface area contributed by atoms with Gasteiger partial charge in [0.25, 0.3) is 0 Å². The highest BCUT2D eigenvalue weighted by atomic mass is 32.1. The zero-order valence-electron chi connectivity index (χ0n) is 10.5. The molecular formula is C16H15NOS. The molecule has 0 saturated carbocycles. The van der Waals surface area contributed by atoms with Crippen molar-refractivity contribution in [2.24, 2.45) is 0 Å². The van der Waals surface area contributed by atoms with Crippen LogP contribution in [0, 0.1) is 0 Å². The van der Waals surface area contributed by atoms with Crippen LogP contribution in [0.5, 0.6) is 0 Å². The monoisotopic (exact) mass is 269 g/mol. The molecule has 3 rings (SSSR count). The second-order valence-corrected chi connectivity index (χ2v) is 5.74. The maximum Gasteiger partial charge on any atom is 0.0964 e. The maximum atomic E-state index is 10.1. The molecule has 0 amide bonds. The lowest BCUT2D eigenvalue weighted by molar-refractivity contribution is 0.175. The van der Waals surface area contributed by atoms with Gasteiger partial charge in [-0.05, 0) is 24.1 Å². The molecule has 0 aliphatic carbocycles. The van der Waals surface area contributed by atoms with Gasteiger partial charge in [-0.2, -0.15) is 0 Å². The number of aliphatic hydroxyl groups excluding tert-OH is 1. The smallest absolute Gasteiger partial charge is 0.0964 e. The molecule has 19 heavy (non-hydrogen) atoms. The molecule has 0 spiro atoms. The van der Waals surface area contributed by atoms with Gasteiger partial charge in [-0.25, -0.2) is 4.98 Å². The van der Waals surface area contributed by atoms with E-state index in [0.29, 0.717) is 12.8 Å². The van der Waals surface area contributed by atoms with Crippen molar-refractivity contribution in [2.75, 3.05) is 0 Å². The molecule has 1 atom stereocenters. The minimum atomic E-state index is -0.372. The van der Waals surface area contributed by atoms with Crippen LogP contribution in [0.2, 0.25) is 0 Å². The average molecular weight is 269 g/mol. The lowest BCUT2D eigenvalue weighted by atomic mass is 10.1. The van der Waals surface area contributed by atoms with Crippen molar-refractivity contribution in [3.05, 3.63) is 65.2 Å². The Bertz CT molecular complexity index is 630. The fraction of sp³-hybridized carbons (Fsp3) is 0.188. The van der Waals surface area contributed by atoms with E-state index in [2.05, 4.69) is 11.1 Å². The molecular weight excluding hydrogens is 254 g/mol. The highest BCUT2D eigenvalue weighted by molar-refractivity contribution is 7.18. The lowest BCUT2D eigenvalue weighted by Gasteiger charge is -2.08. The summed E-state index contributed by atoms with van der Waals surface area (Å²) >= 11 is 1.67. The van der Waals surface area contributed by atoms with Gasteiger partial charge in [-0.15, -0.1) is 11.3 Å². The average Bonchev–Trinajstić information content (AvgIpc) is 2.81. The molecule has 2 aromatic carbocycles. The predicted octanol–water partition coefficient (Wildman–Crippen LogP) is 3.44. The first-order chi connectivity index (χ1) is 9.31. The molecule has 0 aliphatic rings. The number of aliphatic hydroxyl groups is 1. The molecule has 2 nitrogen and oxygen atoms in total. The van der Waals surface area contributed by atoms with Crippen LogP contribution in [0.3, 0.4) is 0 Å². The summed E-state index contributed by atoms with van der Waals surface area (Å²) in [4.78, 5) is 4.55. The highest BCUT2D eigenvalue weighted by Gasteiger charge is 2.10. The second kappa shape index (κ2) is 5.51. The zero-order chi connectivity index (χ0) is 13.1. The van der Waals surface area contributed by atoms with Gasteiger partial charge in [0.15, 0.2) is 0 Å². The van der Waals surface area contributed by atoms with E-state index in [1.54, 1.807) is 11.3 Å². The summed E-state index contributed by atoms with van der Waals surface area (Å²) in [5.41, 5.74) is 2.19. The van der Waals surface area contributed by atoms with Crippen LogP contribution in [-0.4, -0.2) is 16.2 Å². The molecule has 0 radical (unpaired) electrons. The summed E-state index contributed by atoms with van der Waals surface area (Å²) in [6, 6.07) is 18.2. The quantitative estimate of drug-likeness (QED) is 0.787. The molecule has 3 heteroatoms. The first kappa shape index (κ1) is 12.3. The SMILES string of the molecule is OC(Cc1ccccc1)Cc1nc2ccccc2s1. The van der Waals surface area contributed by atoms with Crippen LogP contribution in [0.25, 0.3) is 10.2 Å². The van der Waals surface area contributed by atoms with Gasteiger partial charge < -0.3 is 5.11 Å². The number of benzene rings is 2. The summed E-state index contributed by atoms with van der Waals surface area (Å²) in [6.07, 6.45) is 0.924. The molecule has 1 unspecified atom stereocenters. The van der Waals surface area contributed by atoms with Crippen molar-refractivity contribution in [3.63, 3.8) is 0 Å². The number of nitrogens with zero attached hydrogens (tertiary/aromatic N) is 1. The van der Waals surface area contributed by atoms with Crippen LogP contribution >= 0.6 is 11.3 Å². The molecule has 0 bridgehead atoms. The number of para-hydroxylation sites is 1. The molecule has 96 valence electrons. The fourth-order valence-corrected chi connectivity index (χ4v) is 3.21. The van der Waals surface area contributed by atoms with Gasteiger partial charge in [0.1, 0.15) is 0 Å². The van der Waals surface area contributed by atoms with E-state index in [4.69, 9.17) is 0 Å². The minimum absolute atomic E-state index is 0.372. The van der Waals surface area contributed by atoms with Crippen LogP contribution in [0.1, 0.15) is 10.6 Å². The molecule has 1 aromatic heterocycles. The van der Waals surface area contributed by atoms with Crippen LogP contribution in [0.4, 0.5) is 0 Å². The highest BCUT2D eigenvalue weighted by Crippen LogP contribution is 2.23. The Morgan fingerprint density at radius 2 is 1.68 bits per heavy atom. The van der Waals surface area contributed by atoms with E-state index < -0.39 is 0 Å². The molecule has 0 aliphatic heterocycles. The summed E-state index contributed by atoms with van der Waals surface area (Å²) in [5, 5.41) is 11.2. The Kier molecular flexibility index (Phi) is 3.58. The summed E-state index contributed by atoms with van der Waals surface area (Å²) in [7, 11) is 0. The predicted molar refractivity (Wildman–Crippen MR) is 79.5 cm³/mol. The van der Waals surface area contributed by atoms with Crippen LogP contribution in [0.15, 0.2) is 54.6 Å². The first-order valence-corrected chi connectivity index (χ1v) is 7.19. The number of fused-ring (bicyclic) bond motifs is 1. The van der Waals surface area contributed by atoms with Crippen molar-refractivity contribution in [3.8, 4) is 0 Å². The Morgan fingerprint density at radius 3 is 2.47 bits per heavy atom. The standard InChI is InChI=1S/C16H15NOS/c18-13(10-12-6-2-1-3-7-12)11-16-17-14-8-4-5-9-15(14)19-16/h1-9,13,18H,10-11H2. The third-order valence-electron chi connectivity index (χ3n) is 3.06. The van der Waals surface area contributed by atoms with Crippen molar-refractivity contribution in [1.82, 2.24) is 4.98 Å². The van der Waals surface area contributed by atoms with E-state index in [0.717, 1.165) is 16.1 Å². The van der Waals surface area contributed by atoms with E-state index in [9.17, 15) is 5.11 Å². The van der Waals surface area contributed by atoms with E-state index in [-0.39, 0.29) is 6.10 Å². The summed E-state index contributed by atoms with van der Waals surface area (Å²) in [6.45, 7) is 0. The molecule has 0 saturated heterocycles. The fourth-order valence-electron chi connectivity index (χ4n) is 2.17. The van der Waals surface area contributed by atoms with Crippen LogP contribution < -0.4 is 0 Å². The van der Waals surface area contributed by atoms with Crippen LogP contribution in [-0.2, 0) is 12.8 Å². The molecule has 3 aromatic rings. The number of rotatable bonds is 4. The third kappa shape index (κ3) is 3.00. The first-order valence-electron chi connectivity index (χ1n) is 6.38. The van der Waals surface area contributed by atoms with Gasteiger partial charge in [0.05, 0.1) is 21.3 Å². The summed E-state index contributed by atoms with van der Waals surface area (Å²) in [5.74, 6) is 0. The van der Waals surface area contributed by atoms with E-state index in [1.807, 2.05) is 48.5 Å². The second-order valence-electron chi connectivity index (χ2n) is 4.62. The van der Waals surface area contributed by atoms with Crippen molar-refractivity contribution in [2.45, 2.75) is 18.9 Å². The molecule has 1 N–H and O–H groups in total. The van der Waals surface area contributed by atoms with Crippen molar-refractivity contribution >= 4 is 21.6 Å². The molecule has 1 heterocycles.